The van der Waals surface area contributed by atoms with Crippen molar-refractivity contribution in [3.05, 3.63) is 28.2 Å². The number of aliphatic hydroxyl groups excluding tert-OH is 2. The molecule has 0 aliphatic carbocycles. The third-order valence-electron chi connectivity index (χ3n) is 3.25. The molecule has 0 saturated carbocycles. The molecule has 0 heterocycles. The maximum Gasteiger partial charge on any atom is 0.139 e. The monoisotopic (exact) mass is 335 g/mol. The van der Waals surface area contributed by atoms with E-state index in [1.54, 1.807) is 18.2 Å². The van der Waals surface area contributed by atoms with Crippen LogP contribution in [0.15, 0.2) is 18.2 Å². The Bertz CT molecular complexity index is 418. The van der Waals surface area contributed by atoms with Crippen molar-refractivity contribution in [3.63, 3.8) is 0 Å². The van der Waals surface area contributed by atoms with Crippen LogP contribution in [0.3, 0.4) is 0 Å². The highest BCUT2D eigenvalue weighted by Gasteiger charge is 2.10. The first-order valence-corrected chi connectivity index (χ1v) is 7.89. The first-order valence-electron chi connectivity index (χ1n) is 7.14. The van der Waals surface area contributed by atoms with E-state index < -0.39 is 6.10 Å². The lowest BCUT2D eigenvalue weighted by Crippen LogP contribution is -2.34. The van der Waals surface area contributed by atoms with Crippen LogP contribution in [0, 0.1) is 5.92 Å². The van der Waals surface area contributed by atoms with Crippen LogP contribution in [0.2, 0.25) is 10.0 Å². The highest BCUT2D eigenvalue weighted by Crippen LogP contribution is 2.27. The summed E-state index contributed by atoms with van der Waals surface area (Å²) in [5, 5.41) is 23.0. The quantitative estimate of drug-likeness (QED) is 0.615. The predicted octanol–water partition coefficient (Wildman–Crippen LogP) is 2.73. The number of benzene rings is 1. The van der Waals surface area contributed by atoms with E-state index in [0.717, 1.165) is 19.4 Å². The van der Waals surface area contributed by atoms with Gasteiger partial charge in [0.15, 0.2) is 0 Å². The van der Waals surface area contributed by atoms with Crippen molar-refractivity contribution >= 4 is 23.2 Å². The molecule has 0 bridgehead atoms. The fraction of sp³-hybridized carbons (Fsp3) is 0.600. The molecule has 0 radical (unpaired) electrons. The van der Waals surface area contributed by atoms with Crippen LogP contribution in [-0.4, -0.2) is 42.6 Å². The summed E-state index contributed by atoms with van der Waals surface area (Å²) in [5.74, 6) is 0.889. The van der Waals surface area contributed by atoms with E-state index in [1.165, 1.54) is 0 Å². The molecule has 0 aliphatic rings. The topological polar surface area (TPSA) is 61.7 Å². The number of hydrogen-bond donors (Lipinski definition) is 3. The molecule has 0 spiro atoms. The van der Waals surface area contributed by atoms with Crippen LogP contribution in [0.5, 0.6) is 5.75 Å². The van der Waals surface area contributed by atoms with Crippen LogP contribution >= 0.6 is 23.2 Å². The van der Waals surface area contributed by atoms with Crippen molar-refractivity contribution in [2.75, 3.05) is 26.3 Å². The van der Waals surface area contributed by atoms with E-state index in [2.05, 4.69) is 12.2 Å². The van der Waals surface area contributed by atoms with Crippen LogP contribution in [0.4, 0.5) is 0 Å². The lowest BCUT2D eigenvalue weighted by Gasteiger charge is -2.17. The van der Waals surface area contributed by atoms with Crippen LogP contribution in [-0.2, 0) is 0 Å². The number of ether oxygens (including phenoxy) is 1. The Morgan fingerprint density at radius 3 is 2.71 bits per heavy atom. The summed E-state index contributed by atoms with van der Waals surface area (Å²) < 4.78 is 5.46. The van der Waals surface area contributed by atoms with Gasteiger partial charge >= 0.3 is 0 Å². The van der Waals surface area contributed by atoms with Gasteiger partial charge in [-0.3, -0.25) is 0 Å². The van der Waals surface area contributed by atoms with Crippen LogP contribution in [0.25, 0.3) is 0 Å². The fourth-order valence-corrected chi connectivity index (χ4v) is 2.25. The average molecular weight is 336 g/mol. The molecular weight excluding hydrogens is 313 g/mol. The Morgan fingerprint density at radius 2 is 2.05 bits per heavy atom. The minimum Gasteiger partial charge on any atom is -0.489 e. The number of rotatable bonds is 10. The molecule has 1 aromatic rings. The minimum absolute atomic E-state index is 0.143. The molecule has 3 N–H and O–H groups in total. The Labute approximate surface area is 136 Å². The maximum absolute atomic E-state index is 9.87. The van der Waals surface area contributed by atoms with E-state index in [-0.39, 0.29) is 13.2 Å². The van der Waals surface area contributed by atoms with Gasteiger partial charge in [0.05, 0.1) is 5.02 Å². The molecule has 0 aromatic heterocycles. The average Bonchev–Trinajstić information content (AvgIpc) is 2.47. The van der Waals surface area contributed by atoms with E-state index in [4.69, 9.17) is 33.0 Å². The van der Waals surface area contributed by atoms with Crippen molar-refractivity contribution in [1.82, 2.24) is 5.32 Å². The van der Waals surface area contributed by atoms with E-state index in [1.807, 2.05) is 0 Å². The zero-order valence-electron chi connectivity index (χ0n) is 12.2. The molecule has 1 aromatic carbocycles. The van der Waals surface area contributed by atoms with Crippen molar-refractivity contribution in [1.29, 1.82) is 0 Å². The third kappa shape index (κ3) is 7.34. The summed E-state index contributed by atoms with van der Waals surface area (Å²) in [6, 6.07) is 4.96. The van der Waals surface area contributed by atoms with Gasteiger partial charge < -0.3 is 20.3 Å². The number of halogens is 2. The van der Waals surface area contributed by atoms with Gasteiger partial charge in [-0.1, -0.05) is 36.5 Å². The summed E-state index contributed by atoms with van der Waals surface area (Å²) in [5.41, 5.74) is 0. The SMILES string of the molecule is CCC(CCO)CNCC(O)COc1cc(Cl)ccc1Cl. The van der Waals surface area contributed by atoms with Gasteiger partial charge in [0.25, 0.3) is 0 Å². The maximum atomic E-state index is 9.87. The van der Waals surface area contributed by atoms with Crippen LogP contribution < -0.4 is 10.1 Å². The molecule has 6 heteroatoms. The second kappa shape index (κ2) is 10.2. The number of hydrogen-bond acceptors (Lipinski definition) is 4. The summed E-state index contributed by atoms with van der Waals surface area (Å²) in [6.07, 6.45) is 1.14. The molecule has 4 nitrogen and oxygen atoms in total. The van der Waals surface area contributed by atoms with Crippen molar-refractivity contribution in [3.8, 4) is 5.75 Å². The van der Waals surface area contributed by atoms with Gasteiger partial charge in [0.1, 0.15) is 18.5 Å². The van der Waals surface area contributed by atoms with E-state index >= 15 is 0 Å². The minimum atomic E-state index is -0.633. The molecule has 1 rings (SSSR count). The Hall–Kier alpha value is -0.520. The highest BCUT2D eigenvalue weighted by atomic mass is 35.5. The van der Waals surface area contributed by atoms with E-state index in [0.29, 0.717) is 28.3 Å². The van der Waals surface area contributed by atoms with Gasteiger partial charge in [-0.15, -0.1) is 0 Å². The molecule has 2 unspecified atom stereocenters. The lowest BCUT2D eigenvalue weighted by atomic mass is 10.0. The molecule has 2 atom stereocenters. The molecule has 21 heavy (non-hydrogen) atoms. The molecule has 0 fully saturated rings. The van der Waals surface area contributed by atoms with Gasteiger partial charge in [-0.25, -0.2) is 0 Å². The second-order valence-corrected chi connectivity index (χ2v) is 5.83. The Balaban J connectivity index is 2.27. The summed E-state index contributed by atoms with van der Waals surface area (Å²) in [6.45, 7) is 3.62. The zero-order chi connectivity index (χ0) is 15.7. The Morgan fingerprint density at radius 1 is 1.29 bits per heavy atom. The van der Waals surface area contributed by atoms with E-state index in [9.17, 15) is 5.11 Å². The fourth-order valence-electron chi connectivity index (χ4n) is 1.92. The van der Waals surface area contributed by atoms with Crippen molar-refractivity contribution in [2.45, 2.75) is 25.9 Å². The summed E-state index contributed by atoms with van der Waals surface area (Å²) in [7, 11) is 0. The number of aliphatic hydroxyl groups is 2. The van der Waals surface area contributed by atoms with Crippen LogP contribution in [0.1, 0.15) is 19.8 Å². The van der Waals surface area contributed by atoms with Gasteiger partial charge in [0, 0.05) is 24.2 Å². The highest BCUT2D eigenvalue weighted by molar-refractivity contribution is 6.34. The number of nitrogens with one attached hydrogen (secondary N) is 1. The molecule has 0 amide bonds. The largest absolute Gasteiger partial charge is 0.489 e. The van der Waals surface area contributed by atoms with Gasteiger partial charge in [-0.2, -0.15) is 0 Å². The smallest absolute Gasteiger partial charge is 0.139 e. The molecule has 0 saturated heterocycles. The lowest BCUT2D eigenvalue weighted by molar-refractivity contribution is 0.105. The summed E-state index contributed by atoms with van der Waals surface area (Å²) in [4.78, 5) is 0. The Kier molecular flexibility index (Phi) is 9.04. The molecule has 0 aliphatic heterocycles. The molecular formula is C15H23Cl2NO3. The first kappa shape index (κ1) is 18.5. The second-order valence-electron chi connectivity index (χ2n) is 4.98. The predicted molar refractivity (Wildman–Crippen MR) is 86.3 cm³/mol. The normalized spacial score (nSPS) is 14.0. The molecule has 120 valence electrons. The van der Waals surface area contributed by atoms with Crippen molar-refractivity contribution in [2.24, 2.45) is 5.92 Å². The first-order chi connectivity index (χ1) is 10.1. The van der Waals surface area contributed by atoms with Gasteiger partial charge in [0.2, 0.25) is 0 Å². The summed E-state index contributed by atoms with van der Waals surface area (Å²) >= 11 is 11.8. The third-order valence-corrected chi connectivity index (χ3v) is 3.80. The van der Waals surface area contributed by atoms with Gasteiger partial charge in [-0.05, 0) is 31.0 Å². The standard InChI is InChI=1S/C15H23Cl2NO3/c1-2-11(5-6-19)8-18-9-13(20)10-21-15-7-12(16)3-4-14(15)17/h3-4,7,11,13,18-20H,2,5-6,8-10H2,1H3. The van der Waals surface area contributed by atoms with Crippen molar-refractivity contribution < 1.29 is 14.9 Å². The zero-order valence-corrected chi connectivity index (χ0v) is 13.7.